The van der Waals surface area contributed by atoms with Crippen LogP contribution in [0.3, 0.4) is 0 Å². The maximum absolute atomic E-state index is 11.7. The molecule has 4 N–H and O–H groups in total. The van der Waals surface area contributed by atoms with Gasteiger partial charge in [-0.2, -0.15) is 0 Å². The largest absolute Gasteiger partial charge is 0.397 e. The SMILES string of the molecule is Nc1ccccc1NC(=O)NCc1ccccc1Cl. The first kappa shape index (κ1) is 13.2. The predicted octanol–water partition coefficient (Wildman–Crippen LogP) is 3.24. The summed E-state index contributed by atoms with van der Waals surface area (Å²) in [5.41, 5.74) is 7.70. The van der Waals surface area contributed by atoms with Crippen molar-refractivity contribution in [1.29, 1.82) is 0 Å². The second kappa shape index (κ2) is 6.11. The third-order valence-corrected chi connectivity index (χ3v) is 2.97. The van der Waals surface area contributed by atoms with Crippen LogP contribution >= 0.6 is 11.6 Å². The molecule has 0 saturated heterocycles. The maximum Gasteiger partial charge on any atom is 0.319 e. The fourth-order valence-electron chi connectivity index (χ4n) is 1.59. The summed E-state index contributed by atoms with van der Waals surface area (Å²) in [6.07, 6.45) is 0. The topological polar surface area (TPSA) is 67.1 Å². The number of nitrogen functional groups attached to an aromatic ring is 1. The van der Waals surface area contributed by atoms with Crippen LogP contribution in [0.1, 0.15) is 5.56 Å². The van der Waals surface area contributed by atoms with E-state index in [2.05, 4.69) is 10.6 Å². The van der Waals surface area contributed by atoms with Crippen molar-refractivity contribution in [2.45, 2.75) is 6.54 Å². The maximum atomic E-state index is 11.7. The molecule has 2 aromatic carbocycles. The van der Waals surface area contributed by atoms with Gasteiger partial charge in [-0.3, -0.25) is 0 Å². The minimum atomic E-state index is -0.321. The minimum Gasteiger partial charge on any atom is -0.397 e. The molecular weight excluding hydrogens is 262 g/mol. The highest BCUT2D eigenvalue weighted by Crippen LogP contribution is 2.17. The highest BCUT2D eigenvalue weighted by atomic mass is 35.5. The average molecular weight is 276 g/mol. The number of hydrogen-bond donors (Lipinski definition) is 3. The molecule has 98 valence electrons. The zero-order valence-electron chi connectivity index (χ0n) is 10.2. The van der Waals surface area contributed by atoms with Gasteiger partial charge < -0.3 is 16.4 Å². The first-order valence-corrected chi connectivity index (χ1v) is 6.17. The van der Waals surface area contributed by atoms with Gasteiger partial charge in [-0.25, -0.2) is 4.79 Å². The second-order valence-corrected chi connectivity index (χ2v) is 4.39. The average Bonchev–Trinajstić information content (AvgIpc) is 2.40. The van der Waals surface area contributed by atoms with Gasteiger partial charge in [0.05, 0.1) is 11.4 Å². The molecule has 0 aliphatic rings. The summed E-state index contributed by atoms with van der Waals surface area (Å²) in [4.78, 5) is 11.7. The molecule has 0 unspecified atom stereocenters. The first-order chi connectivity index (χ1) is 9.16. The molecule has 0 aliphatic heterocycles. The normalized spacial score (nSPS) is 9.95. The van der Waals surface area contributed by atoms with E-state index in [0.717, 1.165) is 5.56 Å². The molecular formula is C14H14ClN3O. The zero-order chi connectivity index (χ0) is 13.7. The second-order valence-electron chi connectivity index (χ2n) is 3.99. The molecule has 0 bridgehead atoms. The van der Waals surface area contributed by atoms with Crippen LogP contribution in [0.25, 0.3) is 0 Å². The first-order valence-electron chi connectivity index (χ1n) is 5.79. The molecule has 2 aromatic rings. The molecule has 0 heterocycles. The lowest BCUT2D eigenvalue weighted by Gasteiger charge is -2.10. The number of nitrogens with one attached hydrogen (secondary N) is 2. The van der Waals surface area contributed by atoms with Gasteiger partial charge in [0, 0.05) is 11.6 Å². The van der Waals surface area contributed by atoms with Crippen LogP contribution in [0.5, 0.6) is 0 Å². The lowest BCUT2D eigenvalue weighted by molar-refractivity contribution is 0.252. The molecule has 0 aliphatic carbocycles. The molecule has 0 radical (unpaired) electrons. The van der Waals surface area contributed by atoms with E-state index in [9.17, 15) is 4.79 Å². The zero-order valence-corrected chi connectivity index (χ0v) is 10.9. The number of hydrogen-bond acceptors (Lipinski definition) is 2. The summed E-state index contributed by atoms with van der Waals surface area (Å²) in [6, 6.07) is 14.1. The molecule has 2 amide bonds. The highest BCUT2D eigenvalue weighted by Gasteiger charge is 2.05. The molecule has 4 nitrogen and oxygen atoms in total. The van der Waals surface area contributed by atoms with Crippen LogP contribution in [-0.2, 0) is 6.54 Å². The number of para-hydroxylation sites is 2. The summed E-state index contributed by atoms with van der Waals surface area (Å²) in [5, 5.41) is 6.03. The van der Waals surface area contributed by atoms with E-state index >= 15 is 0 Å². The number of urea groups is 1. The molecule has 0 aromatic heterocycles. The number of carbonyl (C=O) groups is 1. The summed E-state index contributed by atoms with van der Waals surface area (Å²) < 4.78 is 0. The van der Waals surface area contributed by atoms with E-state index in [0.29, 0.717) is 22.9 Å². The third kappa shape index (κ3) is 3.63. The fraction of sp³-hybridized carbons (Fsp3) is 0.0714. The van der Waals surface area contributed by atoms with Crippen LogP contribution < -0.4 is 16.4 Å². The third-order valence-electron chi connectivity index (χ3n) is 2.61. The summed E-state index contributed by atoms with van der Waals surface area (Å²) in [5.74, 6) is 0. The van der Waals surface area contributed by atoms with Gasteiger partial charge in [0.2, 0.25) is 0 Å². The monoisotopic (exact) mass is 275 g/mol. The lowest BCUT2D eigenvalue weighted by atomic mass is 10.2. The number of anilines is 2. The van der Waals surface area contributed by atoms with Gasteiger partial charge in [0.25, 0.3) is 0 Å². The number of benzene rings is 2. The number of halogens is 1. The van der Waals surface area contributed by atoms with Gasteiger partial charge in [0.15, 0.2) is 0 Å². The molecule has 19 heavy (non-hydrogen) atoms. The van der Waals surface area contributed by atoms with Crippen molar-refractivity contribution < 1.29 is 4.79 Å². The van der Waals surface area contributed by atoms with Gasteiger partial charge in [0.1, 0.15) is 0 Å². The van der Waals surface area contributed by atoms with E-state index < -0.39 is 0 Å². The van der Waals surface area contributed by atoms with Gasteiger partial charge in [-0.15, -0.1) is 0 Å². The quantitative estimate of drug-likeness (QED) is 0.753. The summed E-state index contributed by atoms with van der Waals surface area (Å²) >= 11 is 6.00. The molecule has 0 spiro atoms. The Morgan fingerprint density at radius 2 is 1.79 bits per heavy atom. The van der Waals surface area contributed by atoms with Gasteiger partial charge >= 0.3 is 6.03 Å². The van der Waals surface area contributed by atoms with E-state index in [4.69, 9.17) is 17.3 Å². The van der Waals surface area contributed by atoms with Crippen LogP contribution in [0.4, 0.5) is 16.2 Å². The lowest BCUT2D eigenvalue weighted by Crippen LogP contribution is -2.28. The van der Waals surface area contributed by atoms with Crippen LogP contribution in [0, 0.1) is 0 Å². The number of rotatable bonds is 3. The molecule has 0 atom stereocenters. The Labute approximate surface area is 116 Å². The van der Waals surface area contributed by atoms with Gasteiger partial charge in [-0.1, -0.05) is 41.9 Å². The van der Waals surface area contributed by atoms with Crippen molar-refractivity contribution in [2.75, 3.05) is 11.1 Å². The van der Waals surface area contributed by atoms with Gasteiger partial charge in [-0.05, 0) is 23.8 Å². The Morgan fingerprint density at radius 3 is 2.53 bits per heavy atom. The van der Waals surface area contributed by atoms with E-state index in [-0.39, 0.29) is 6.03 Å². The number of carbonyl (C=O) groups excluding carboxylic acids is 1. The molecule has 0 fully saturated rings. The summed E-state index contributed by atoms with van der Waals surface area (Å²) in [7, 11) is 0. The van der Waals surface area contributed by atoms with Crippen LogP contribution in [0.15, 0.2) is 48.5 Å². The Bertz CT molecular complexity index is 586. The highest BCUT2D eigenvalue weighted by molar-refractivity contribution is 6.31. The smallest absolute Gasteiger partial charge is 0.319 e. The predicted molar refractivity (Wildman–Crippen MR) is 78.2 cm³/mol. The van der Waals surface area contributed by atoms with E-state index in [1.807, 2.05) is 24.3 Å². The Balaban J connectivity index is 1.92. The Morgan fingerprint density at radius 1 is 1.11 bits per heavy atom. The van der Waals surface area contributed by atoms with Crippen molar-refractivity contribution in [3.05, 3.63) is 59.1 Å². The Kier molecular flexibility index (Phi) is 4.26. The van der Waals surface area contributed by atoms with Crippen molar-refractivity contribution in [2.24, 2.45) is 0 Å². The van der Waals surface area contributed by atoms with Crippen molar-refractivity contribution in [3.8, 4) is 0 Å². The summed E-state index contributed by atoms with van der Waals surface area (Å²) in [6.45, 7) is 0.359. The van der Waals surface area contributed by atoms with Crippen molar-refractivity contribution in [1.82, 2.24) is 5.32 Å². The van der Waals surface area contributed by atoms with Crippen molar-refractivity contribution >= 4 is 29.0 Å². The number of nitrogens with two attached hydrogens (primary N) is 1. The van der Waals surface area contributed by atoms with E-state index in [1.54, 1.807) is 24.3 Å². The van der Waals surface area contributed by atoms with E-state index in [1.165, 1.54) is 0 Å². The number of amides is 2. The molecule has 2 rings (SSSR count). The van der Waals surface area contributed by atoms with Crippen LogP contribution in [0.2, 0.25) is 5.02 Å². The molecule has 5 heteroatoms. The van der Waals surface area contributed by atoms with Crippen molar-refractivity contribution in [3.63, 3.8) is 0 Å². The minimum absolute atomic E-state index is 0.321. The standard InChI is InChI=1S/C14H14ClN3O/c15-11-6-2-1-5-10(11)9-17-14(19)18-13-8-4-3-7-12(13)16/h1-8H,9,16H2,(H2,17,18,19). The van der Waals surface area contributed by atoms with Crippen LogP contribution in [-0.4, -0.2) is 6.03 Å². The fourth-order valence-corrected chi connectivity index (χ4v) is 1.80. The molecule has 0 saturated carbocycles. The Hall–Kier alpha value is -2.20.